The SMILES string of the molecule is NCc1ccc(C(=O)NCC2(N3CCCCC3)CCCCC2)cc1. The van der Waals surface area contributed by atoms with Crippen molar-refractivity contribution in [3.05, 3.63) is 35.4 Å². The molecule has 1 aliphatic carbocycles. The zero-order valence-corrected chi connectivity index (χ0v) is 14.7. The van der Waals surface area contributed by atoms with Crippen molar-refractivity contribution in [3.63, 3.8) is 0 Å². The summed E-state index contributed by atoms with van der Waals surface area (Å²) >= 11 is 0. The van der Waals surface area contributed by atoms with Crippen LogP contribution in [-0.2, 0) is 6.54 Å². The molecule has 1 amide bonds. The van der Waals surface area contributed by atoms with Gasteiger partial charge in [0.2, 0.25) is 0 Å². The van der Waals surface area contributed by atoms with Gasteiger partial charge in [-0.3, -0.25) is 9.69 Å². The Kier molecular flexibility index (Phi) is 5.90. The normalized spacial score (nSPS) is 21.4. The molecule has 0 bridgehead atoms. The number of rotatable bonds is 5. The van der Waals surface area contributed by atoms with Crippen LogP contribution in [0.4, 0.5) is 0 Å². The average Bonchev–Trinajstić information content (AvgIpc) is 2.67. The molecular weight excluding hydrogens is 298 g/mol. The highest BCUT2D eigenvalue weighted by atomic mass is 16.1. The van der Waals surface area contributed by atoms with Gasteiger partial charge in [0.05, 0.1) is 0 Å². The molecule has 0 unspecified atom stereocenters. The van der Waals surface area contributed by atoms with Crippen LogP contribution in [0.2, 0.25) is 0 Å². The van der Waals surface area contributed by atoms with Gasteiger partial charge in [0.15, 0.2) is 0 Å². The van der Waals surface area contributed by atoms with Crippen molar-refractivity contribution in [2.24, 2.45) is 5.73 Å². The monoisotopic (exact) mass is 329 g/mol. The molecule has 0 spiro atoms. The number of nitrogens with zero attached hydrogens (tertiary/aromatic N) is 1. The number of hydrogen-bond donors (Lipinski definition) is 2. The molecule has 1 aromatic carbocycles. The van der Waals surface area contributed by atoms with Gasteiger partial charge in [-0.15, -0.1) is 0 Å². The fraction of sp³-hybridized carbons (Fsp3) is 0.650. The van der Waals surface area contributed by atoms with E-state index in [2.05, 4.69) is 10.2 Å². The third kappa shape index (κ3) is 3.98. The van der Waals surface area contributed by atoms with E-state index in [9.17, 15) is 4.79 Å². The van der Waals surface area contributed by atoms with E-state index in [1.807, 2.05) is 24.3 Å². The van der Waals surface area contributed by atoms with Crippen molar-refractivity contribution in [1.82, 2.24) is 10.2 Å². The first kappa shape index (κ1) is 17.4. The highest BCUT2D eigenvalue weighted by Crippen LogP contribution is 2.35. The van der Waals surface area contributed by atoms with Crippen molar-refractivity contribution >= 4 is 5.91 Å². The summed E-state index contributed by atoms with van der Waals surface area (Å²) in [5.41, 5.74) is 7.60. The lowest BCUT2D eigenvalue weighted by Crippen LogP contribution is -2.58. The van der Waals surface area contributed by atoms with Crippen LogP contribution < -0.4 is 11.1 Å². The molecule has 2 aliphatic rings. The molecule has 2 fully saturated rings. The van der Waals surface area contributed by atoms with E-state index >= 15 is 0 Å². The summed E-state index contributed by atoms with van der Waals surface area (Å²) in [6.45, 7) is 3.69. The predicted octanol–water partition coefficient (Wildman–Crippen LogP) is 3.06. The minimum atomic E-state index is 0.0422. The van der Waals surface area contributed by atoms with Gasteiger partial charge in [0, 0.05) is 24.2 Å². The van der Waals surface area contributed by atoms with Gasteiger partial charge in [-0.1, -0.05) is 37.8 Å². The Balaban J connectivity index is 1.64. The molecule has 132 valence electrons. The minimum absolute atomic E-state index is 0.0422. The smallest absolute Gasteiger partial charge is 0.251 e. The zero-order chi connectivity index (χ0) is 16.8. The molecule has 1 saturated carbocycles. The van der Waals surface area contributed by atoms with Crippen LogP contribution in [0, 0.1) is 0 Å². The van der Waals surface area contributed by atoms with Crippen molar-refractivity contribution in [3.8, 4) is 0 Å². The van der Waals surface area contributed by atoms with Gasteiger partial charge in [0.1, 0.15) is 0 Å². The van der Waals surface area contributed by atoms with Crippen LogP contribution >= 0.6 is 0 Å². The van der Waals surface area contributed by atoms with Crippen molar-refractivity contribution in [2.45, 2.75) is 63.5 Å². The molecule has 4 heteroatoms. The lowest BCUT2D eigenvalue weighted by atomic mass is 9.79. The maximum atomic E-state index is 12.6. The Morgan fingerprint density at radius 3 is 2.25 bits per heavy atom. The third-order valence-electron chi connectivity index (χ3n) is 5.84. The molecule has 0 atom stereocenters. The van der Waals surface area contributed by atoms with Crippen molar-refractivity contribution < 1.29 is 4.79 Å². The average molecular weight is 329 g/mol. The molecule has 1 heterocycles. The van der Waals surface area contributed by atoms with Crippen LogP contribution in [0.5, 0.6) is 0 Å². The maximum absolute atomic E-state index is 12.6. The lowest BCUT2D eigenvalue weighted by molar-refractivity contribution is 0.0326. The Morgan fingerprint density at radius 2 is 1.62 bits per heavy atom. The van der Waals surface area contributed by atoms with Gasteiger partial charge in [0.25, 0.3) is 5.91 Å². The third-order valence-corrected chi connectivity index (χ3v) is 5.84. The number of likely N-dealkylation sites (tertiary alicyclic amines) is 1. The maximum Gasteiger partial charge on any atom is 0.251 e. The van der Waals surface area contributed by atoms with Crippen molar-refractivity contribution in [2.75, 3.05) is 19.6 Å². The first-order chi connectivity index (χ1) is 11.7. The molecule has 1 saturated heterocycles. The number of nitrogens with two attached hydrogens (primary N) is 1. The largest absolute Gasteiger partial charge is 0.350 e. The van der Waals surface area contributed by atoms with Gasteiger partial charge in [-0.05, 0) is 56.5 Å². The van der Waals surface area contributed by atoms with E-state index in [0.717, 1.165) is 17.7 Å². The molecule has 4 nitrogen and oxygen atoms in total. The summed E-state index contributed by atoms with van der Waals surface area (Å²) in [5.74, 6) is 0.0422. The number of nitrogens with one attached hydrogen (secondary N) is 1. The minimum Gasteiger partial charge on any atom is -0.350 e. The summed E-state index contributed by atoms with van der Waals surface area (Å²) in [5, 5.41) is 3.23. The van der Waals surface area contributed by atoms with Gasteiger partial charge in [-0.25, -0.2) is 0 Å². The van der Waals surface area contributed by atoms with E-state index in [-0.39, 0.29) is 11.4 Å². The van der Waals surface area contributed by atoms with Crippen LogP contribution in [0.1, 0.15) is 67.3 Å². The summed E-state index contributed by atoms with van der Waals surface area (Å²) in [7, 11) is 0. The summed E-state index contributed by atoms with van der Waals surface area (Å²) < 4.78 is 0. The predicted molar refractivity (Wildman–Crippen MR) is 97.9 cm³/mol. The highest BCUT2D eigenvalue weighted by molar-refractivity contribution is 5.94. The van der Waals surface area contributed by atoms with Crippen molar-refractivity contribution in [1.29, 1.82) is 0 Å². The van der Waals surface area contributed by atoms with Gasteiger partial charge >= 0.3 is 0 Å². The van der Waals surface area contributed by atoms with E-state index in [1.165, 1.54) is 64.5 Å². The van der Waals surface area contributed by atoms with Crippen LogP contribution in [0.25, 0.3) is 0 Å². The number of amides is 1. The summed E-state index contributed by atoms with van der Waals surface area (Å²) in [6.07, 6.45) is 10.3. The first-order valence-electron chi connectivity index (χ1n) is 9.56. The lowest BCUT2D eigenvalue weighted by Gasteiger charge is -2.48. The molecule has 1 aromatic rings. The molecule has 3 rings (SSSR count). The fourth-order valence-electron chi connectivity index (χ4n) is 4.32. The van der Waals surface area contributed by atoms with E-state index in [1.54, 1.807) is 0 Å². The zero-order valence-electron chi connectivity index (χ0n) is 14.7. The Bertz CT molecular complexity index is 528. The summed E-state index contributed by atoms with van der Waals surface area (Å²) in [4.78, 5) is 15.2. The van der Waals surface area contributed by atoms with E-state index < -0.39 is 0 Å². The molecule has 1 aliphatic heterocycles. The molecule has 0 radical (unpaired) electrons. The quantitative estimate of drug-likeness (QED) is 0.873. The molecule has 3 N–H and O–H groups in total. The molecular formula is C20H31N3O. The number of piperidine rings is 1. The van der Waals surface area contributed by atoms with E-state index in [4.69, 9.17) is 5.73 Å². The number of carbonyl (C=O) groups excluding carboxylic acids is 1. The number of benzene rings is 1. The number of carbonyl (C=O) groups is 1. The van der Waals surface area contributed by atoms with Crippen LogP contribution in [-0.4, -0.2) is 36.0 Å². The Labute approximate surface area is 145 Å². The Morgan fingerprint density at radius 1 is 1.00 bits per heavy atom. The second-order valence-corrected chi connectivity index (χ2v) is 7.42. The topological polar surface area (TPSA) is 58.4 Å². The highest BCUT2D eigenvalue weighted by Gasteiger charge is 2.38. The summed E-state index contributed by atoms with van der Waals surface area (Å²) in [6, 6.07) is 7.64. The Hall–Kier alpha value is -1.39. The fourth-order valence-corrected chi connectivity index (χ4v) is 4.32. The molecule has 0 aromatic heterocycles. The van der Waals surface area contributed by atoms with Crippen LogP contribution in [0.15, 0.2) is 24.3 Å². The molecule has 24 heavy (non-hydrogen) atoms. The van der Waals surface area contributed by atoms with Gasteiger partial charge < -0.3 is 11.1 Å². The second kappa shape index (κ2) is 8.13. The second-order valence-electron chi connectivity index (χ2n) is 7.42. The number of hydrogen-bond acceptors (Lipinski definition) is 3. The van der Waals surface area contributed by atoms with Crippen LogP contribution in [0.3, 0.4) is 0 Å². The first-order valence-corrected chi connectivity index (χ1v) is 9.56. The van der Waals surface area contributed by atoms with Gasteiger partial charge in [-0.2, -0.15) is 0 Å². The van der Waals surface area contributed by atoms with E-state index in [0.29, 0.717) is 6.54 Å². The standard InChI is InChI=1S/C20H31N3O/c21-15-17-7-9-18(10-8-17)19(24)22-16-20(11-3-1-4-12-20)23-13-5-2-6-14-23/h7-10H,1-6,11-16,21H2,(H,22,24).